The van der Waals surface area contributed by atoms with E-state index >= 15 is 0 Å². The van der Waals surface area contributed by atoms with Crippen LogP contribution in [0.4, 0.5) is 0 Å². The molecule has 1 aromatic carbocycles. The van der Waals surface area contributed by atoms with Crippen LogP contribution in [-0.4, -0.2) is 34.5 Å². The van der Waals surface area contributed by atoms with Crippen molar-refractivity contribution < 1.29 is 9.90 Å². The Hall–Kier alpha value is -1.16. The molecule has 1 fully saturated rings. The van der Waals surface area contributed by atoms with Crippen molar-refractivity contribution in [1.82, 2.24) is 4.90 Å². The van der Waals surface area contributed by atoms with Gasteiger partial charge in [0.1, 0.15) is 5.75 Å². The summed E-state index contributed by atoms with van der Waals surface area (Å²) in [5.41, 5.74) is 1.05. The average Bonchev–Trinajstić information content (AvgIpc) is 2.42. The molecule has 0 saturated carbocycles. The van der Waals surface area contributed by atoms with E-state index in [2.05, 4.69) is 0 Å². The first-order chi connectivity index (χ1) is 9.15. The Morgan fingerprint density at radius 1 is 1.32 bits per heavy atom. The summed E-state index contributed by atoms with van der Waals surface area (Å²) in [5, 5.41) is 9.23. The summed E-state index contributed by atoms with van der Waals surface area (Å²) in [4.78, 5) is 13.9. The number of phenols is 1. The van der Waals surface area contributed by atoms with Gasteiger partial charge in [-0.1, -0.05) is 12.1 Å². The van der Waals surface area contributed by atoms with E-state index in [1.54, 1.807) is 17.0 Å². The zero-order valence-electron chi connectivity index (χ0n) is 11.3. The summed E-state index contributed by atoms with van der Waals surface area (Å²) in [6.07, 6.45) is 3.02. The van der Waals surface area contributed by atoms with Gasteiger partial charge < -0.3 is 10.0 Å². The summed E-state index contributed by atoms with van der Waals surface area (Å²) in [5.74, 6) is 3.44. The van der Waals surface area contributed by atoms with Crippen molar-refractivity contribution in [3.05, 3.63) is 29.8 Å². The minimum Gasteiger partial charge on any atom is -0.508 e. The molecule has 1 aromatic rings. The van der Waals surface area contributed by atoms with Gasteiger partial charge >= 0.3 is 0 Å². The van der Waals surface area contributed by atoms with Crippen LogP contribution in [-0.2, 0) is 11.3 Å². The SMILES string of the molecule is CN(Cc1ccc(O)cc1)C(=O)CC1CCSCC1. The molecule has 0 aromatic heterocycles. The molecule has 1 amide bonds. The van der Waals surface area contributed by atoms with Crippen LogP contribution in [0.15, 0.2) is 24.3 Å². The van der Waals surface area contributed by atoms with Crippen molar-refractivity contribution >= 4 is 17.7 Å². The molecule has 0 spiro atoms. The van der Waals surface area contributed by atoms with Crippen molar-refractivity contribution in [1.29, 1.82) is 0 Å². The van der Waals surface area contributed by atoms with Crippen molar-refractivity contribution in [3.63, 3.8) is 0 Å². The summed E-state index contributed by atoms with van der Waals surface area (Å²) in [7, 11) is 1.85. The zero-order valence-corrected chi connectivity index (χ0v) is 12.2. The van der Waals surface area contributed by atoms with Crippen molar-refractivity contribution in [2.75, 3.05) is 18.6 Å². The van der Waals surface area contributed by atoms with Crippen LogP contribution in [0.1, 0.15) is 24.8 Å². The summed E-state index contributed by atoms with van der Waals surface area (Å²) < 4.78 is 0. The topological polar surface area (TPSA) is 40.5 Å². The molecular formula is C15H21NO2S. The zero-order chi connectivity index (χ0) is 13.7. The Labute approximate surface area is 119 Å². The predicted octanol–water partition coefficient (Wildman–Crippen LogP) is 2.88. The highest BCUT2D eigenvalue weighted by Gasteiger charge is 2.19. The van der Waals surface area contributed by atoms with Crippen LogP contribution in [0.5, 0.6) is 5.75 Å². The maximum absolute atomic E-state index is 12.2. The highest BCUT2D eigenvalue weighted by molar-refractivity contribution is 7.99. The van der Waals surface area contributed by atoms with E-state index in [-0.39, 0.29) is 11.7 Å². The van der Waals surface area contributed by atoms with Gasteiger partial charge in [0.2, 0.25) is 5.91 Å². The second-order valence-corrected chi connectivity index (χ2v) is 6.40. The number of aromatic hydroxyl groups is 1. The maximum atomic E-state index is 12.2. The first kappa shape index (κ1) is 14.3. The number of nitrogens with zero attached hydrogens (tertiary/aromatic N) is 1. The van der Waals surface area contributed by atoms with Crippen LogP contribution in [0.2, 0.25) is 0 Å². The molecule has 0 unspecified atom stereocenters. The molecule has 0 aliphatic carbocycles. The third-order valence-electron chi connectivity index (χ3n) is 3.59. The number of hydrogen-bond acceptors (Lipinski definition) is 3. The van der Waals surface area contributed by atoms with Gasteiger partial charge in [-0.25, -0.2) is 0 Å². The van der Waals surface area contributed by atoms with Crippen molar-refractivity contribution in [2.45, 2.75) is 25.8 Å². The lowest BCUT2D eigenvalue weighted by Crippen LogP contribution is -2.29. The number of thioether (sulfide) groups is 1. The Kier molecular flexibility index (Phi) is 5.14. The lowest BCUT2D eigenvalue weighted by molar-refractivity contribution is -0.131. The lowest BCUT2D eigenvalue weighted by Gasteiger charge is -2.24. The smallest absolute Gasteiger partial charge is 0.222 e. The van der Waals surface area contributed by atoms with E-state index in [1.165, 1.54) is 24.3 Å². The molecule has 1 aliphatic heterocycles. The number of carbonyl (C=O) groups is 1. The van der Waals surface area contributed by atoms with Gasteiger partial charge in [-0.05, 0) is 48.0 Å². The second kappa shape index (κ2) is 6.85. The van der Waals surface area contributed by atoms with E-state index in [1.807, 2.05) is 30.9 Å². The number of phenolic OH excluding ortho intramolecular Hbond substituents is 1. The normalized spacial score (nSPS) is 16.3. The van der Waals surface area contributed by atoms with E-state index in [0.29, 0.717) is 18.9 Å². The monoisotopic (exact) mass is 279 g/mol. The predicted molar refractivity (Wildman–Crippen MR) is 79.2 cm³/mol. The minimum absolute atomic E-state index is 0.227. The van der Waals surface area contributed by atoms with E-state index in [4.69, 9.17) is 0 Å². The van der Waals surface area contributed by atoms with Gasteiger partial charge in [-0.15, -0.1) is 0 Å². The molecule has 4 heteroatoms. The highest BCUT2D eigenvalue weighted by Crippen LogP contribution is 2.25. The fourth-order valence-electron chi connectivity index (χ4n) is 2.32. The maximum Gasteiger partial charge on any atom is 0.222 e. The van der Waals surface area contributed by atoms with E-state index < -0.39 is 0 Å². The van der Waals surface area contributed by atoms with Crippen LogP contribution < -0.4 is 0 Å². The lowest BCUT2D eigenvalue weighted by atomic mass is 9.98. The van der Waals surface area contributed by atoms with Crippen molar-refractivity contribution in [3.8, 4) is 5.75 Å². The Morgan fingerprint density at radius 2 is 1.95 bits per heavy atom. The fourth-order valence-corrected chi connectivity index (χ4v) is 3.52. The molecule has 0 radical (unpaired) electrons. The van der Waals surface area contributed by atoms with Gasteiger partial charge in [-0.2, -0.15) is 11.8 Å². The third kappa shape index (κ3) is 4.46. The Morgan fingerprint density at radius 3 is 2.58 bits per heavy atom. The Bertz CT molecular complexity index is 413. The van der Waals surface area contributed by atoms with Gasteiger partial charge in [0.15, 0.2) is 0 Å². The van der Waals surface area contributed by atoms with Crippen LogP contribution in [0, 0.1) is 5.92 Å². The molecule has 1 N–H and O–H groups in total. The molecule has 19 heavy (non-hydrogen) atoms. The molecule has 1 heterocycles. The van der Waals surface area contributed by atoms with Gasteiger partial charge in [0.25, 0.3) is 0 Å². The summed E-state index contributed by atoms with van der Waals surface area (Å²) >= 11 is 1.99. The number of rotatable bonds is 4. The molecule has 0 atom stereocenters. The third-order valence-corrected chi connectivity index (χ3v) is 4.63. The Balaban J connectivity index is 1.83. The summed E-state index contributed by atoms with van der Waals surface area (Å²) in [6.45, 7) is 0.612. The molecule has 0 bridgehead atoms. The second-order valence-electron chi connectivity index (χ2n) is 5.18. The largest absolute Gasteiger partial charge is 0.508 e. The first-order valence-corrected chi connectivity index (χ1v) is 7.90. The van der Waals surface area contributed by atoms with Crippen LogP contribution in [0.25, 0.3) is 0 Å². The number of amides is 1. The number of hydrogen-bond donors (Lipinski definition) is 1. The van der Waals surface area contributed by atoms with Gasteiger partial charge in [0.05, 0.1) is 0 Å². The number of carbonyl (C=O) groups excluding carboxylic acids is 1. The molecular weight excluding hydrogens is 258 g/mol. The van der Waals surface area contributed by atoms with E-state index in [9.17, 15) is 9.90 Å². The van der Waals surface area contributed by atoms with Gasteiger partial charge in [-0.3, -0.25) is 4.79 Å². The molecule has 3 nitrogen and oxygen atoms in total. The molecule has 1 saturated heterocycles. The summed E-state index contributed by atoms with van der Waals surface area (Å²) in [6, 6.07) is 7.03. The molecule has 2 rings (SSSR count). The first-order valence-electron chi connectivity index (χ1n) is 6.75. The van der Waals surface area contributed by atoms with E-state index in [0.717, 1.165) is 5.56 Å². The molecule has 1 aliphatic rings. The highest BCUT2D eigenvalue weighted by atomic mass is 32.2. The number of benzene rings is 1. The average molecular weight is 279 g/mol. The quantitative estimate of drug-likeness (QED) is 0.921. The standard InChI is InChI=1S/C15H21NO2S/c1-16(11-13-2-4-14(17)5-3-13)15(18)10-12-6-8-19-9-7-12/h2-5,12,17H,6-11H2,1H3. The van der Waals surface area contributed by atoms with Gasteiger partial charge in [0, 0.05) is 20.0 Å². The van der Waals surface area contributed by atoms with Crippen LogP contribution in [0.3, 0.4) is 0 Å². The minimum atomic E-state index is 0.227. The molecule has 104 valence electrons. The van der Waals surface area contributed by atoms with Crippen LogP contribution >= 0.6 is 11.8 Å². The fraction of sp³-hybridized carbons (Fsp3) is 0.533. The van der Waals surface area contributed by atoms with Crippen molar-refractivity contribution in [2.24, 2.45) is 5.92 Å².